The van der Waals surface area contributed by atoms with Crippen LogP contribution in [0.15, 0.2) is 53.8 Å². The van der Waals surface area contributed by atoms with E-state index in [1.807, 2.05) is 24.2 Å². The van der Waals surface area contributed by atoms with Crippen LogP contribution in [0.1, 0.15) is 38.5 Å². The van der Waals surface area contributed by atoms with E-state index in [4.69, 9.17) is 4.74 Å². The van der Waals surface area contributed by atoms with Crippen molar-refractivity contribution in [3.05, 3.63) is 65.2 Å². The number of carbonyl (C=O) groups excluding carboxylic acids is 1. The minimum absolute atomic E-state index is 0.0401. The largest absolute Gasteiger partial charge is 0.473 e. The molecule has 4 heterocycles. The number of halogens is 1. The Labute approximate surface area is 229 Å². The molecular formula is C28H32FN7O4. The molecule has 1 N–H and O–H groups in total. The summed E-state index contributed by atoms with van der Waals surface area (Å²) in [5, 5.41) is 20.2. The van der Waals surface area contributed by atoms with Crippen molar-refractivity contribution in [3.8, 4) is 11.6 Å². The Hall–Kier alpha value is -4.06. The minimum Gasteiger partial charge on any atom is -0.473 e. The average Bonchev–Trinajstić information content (AvgIpc) is 3.57. The number of likely N-dealkylation sites (tertiary alicyclic amines) is 1. The lowest BCUT2D eigenvalue weighted by atomic mass is 9.85. The maximum atomic E-state index is 13.3. The summed E-state index contributed by atoms with van der Waals surface area (Å²) in [6, 6.07) is 7.61. The van der Waals surface area contributed by atoms with Crippen molar-refractivity contribution in [3.63, 3.8) is 0 Å². The van der Waals surface area contributed by atoms with Gasteiger partial charge in [0.05, 0.1) is 24.0 Å². The molecule has 2 fully saturated rings. The molecule has 210 valence electrons. The lowest BCUT2D eigenvalue weighted by molar-refractivity contribution is -0.141. The number of hydrogen-bond acceptors (Lipinski definition) is 7. The van der Waals surface area contributed by atoms with Crippen LogP contribution in [-0.2, 0) is 18.4 Å². The van der Waals surface area contributed by atoms with Crippen molar-refractivity contribution in [1.82, 2.24) is 34.0 Å². The summed E-state index contributed by atoms with van der Waals surface area (Å²) in [6.45, 7) is 0.952. The molecule has 2 aliphatic rings. The number of benzene rings is 1. The summed E-state index contributed by atoms with van der Waals surface area (Å²) in [5.74, 6) is 0.339. The van der Waals surface area contributed by atoms with Crippen molar-refractivity contribution in [2.24, 2.45) is 13.0 Å². The zero-order chi connectivity index (χ0) is 27.9. The maximum absolute atomic E-state index is 13.3. The Morgan fingerprint density at radius 3 is 2.52 bits per heavy atom. The van der Waals surface area contributed by atoms with Crippen LogP contribution < -0.4 is 10.3 Å². The number of amides is 1. The molecule has 1 aromatic carbocycles. The summed E-state index contributed by atoms with van der Waals surface area (Å²) in [4.78, 5) is 32.7. The predicted molar refractivity (Wildman–Crippen MR) is 143 cm³/mol. The van der Waals surface area contributed by atoms with Crippen molar-refractivity contribution in [2.75, 3.05) is 13.1 Å². The number of fused-ring (bicyclic) bond motifs is 1. The molecular weight excluding hydrogens is 517 g/mol. The quantitative estimate of drug-likeness (QED) is 0.392. The van der Waals surface area contributed by atoms with E-state index in [0.717, 1.165) is 25.7 Å². The predicted octanol–water partition coefficient (Wildman–Crippen LogP) is 2.45. The molecule has 1 saturated heterocycles. The van der Waals surface area contributed by atoms with E-state index in [2.05, 4.69) is 15.2 Å². The molecule has 0 atom stereocenters. The minimum atomic E-state index is -1.13. The van der Waals surface area contributed by atoms with E-state index in [1.54, 1.807) is 16.8 Å². The van der Waals surface area contributed by atoms with Crippen molar-refractivity contribution in [2.45, 2.75) is 56.8 Å². The lowest BCUT2D eigenvalue weighted by Gasteiger charge is -2.40. The van der Waals surface area contributed by atoms with Gasteiger partial charge < -0.3 is 14.7 Å². The molecule has 12 heteroatoms. The highest BCUT2D eigenvalue weighted by Gasteiger charge is 2.37. The number of aromatic nitrogens is 6. The molecule has 11 nitrogen and oxygen atoms in total. The van der Waals surface area contributed by atoms with E-state index < -0.39 is 5.60 Å². The summed E-state index contributed by atoms with van der Waals surface area (Å²) < 4.78 is 23.9. The van der Waals surface area contributed by atoms with Gasteiger partial charge in [0.2, 0.25) is 11.8 Å². The normalized spacial score (nSPS) is 21.0. The zero-order valence-corrected chi connectivity index (χ0v) is 22.3. The van der Waals surface area contributed by atoms with Gasteiger partial charge in [0, 0.05) is 38.3 Å². The molecule has 1 amide bonds. The van der Waals surface area contributed by atoms with Gasteiger partial charge in [0.25, 0.3) is 5.56 Å². The number of carbonyl (C=O) groups is 1. The van der Waals surface area contributed by atoms with Gasteiger partial charge in [0.15, 0.2) is 5.65 Å². The number of nitrogens with zero attached hydrogens (tertiary/aromatic N) is 7. The first-order valence-corrected chi connectivity index (χ1v) is 13.6. The molecule has 3 aromatic heterocycles. The van der Waals surface area contributed by atoms with Crippen molar-refractivity contribution < 1.29 is 19.0 Å². The van der Waals surface area contributed by atoms with Crippen LogP contribution in [-0.4, -0.2) is 69.8 Å². The van der Waals surface area contributed by atoms with Gasteiger partial charge in [-0.1, -0.05) is 0 Å². The molecule has 0 radical (unpaired) electrons. The van der Waals surface area contributed by atoms with Crippen LogP contribution in [0.5, 0.6) is 5.88 Å². The van der Waals surface area contributed by atoms with E-state index in [1.165, 1.54) is 33.9 Å². The topological polar surface area (TPSA) is 120 Å². The lowest BCUT2D eigenvalue weighted by Crippen LogP contribution is -2.51. The highest BCUT2D eigenvalue weighted by atomic mass is 19.1. The summed E-state index contributed by atoms with van der Waals surface area (Å²) in [6.07, 6.45) is 8.65. The summed E-state index contributed by atoms with van der Waals surface area (Å²) in [7, 11) is 1.85. The smallest absolute Gasteiger partial charge is 0.264 e. The second-order valence-corrected chi connectivity index (χ2v) is 10.9. The first kappa shape index (κ1) is 26.2. The number of piperidine rings is 1. The second-order valence-electron chi connectivity index (χ2n) is 10.9. The van der Waals surface area contributed by atoms with E-state index in [9.17, 15) is 19.1 Å². The van der Waals surface area contributed by atoms with Crippen LogP contribution in [0.25, 0.3) is 16.7 Å². The molecule has 1 saturated carbocycles. The van der Waals surface area contributed by atoms with Crippen LogP contribution >= 0.6 is 0 Å². The maximum Gasteiger partial charge on any atom is 0.264 e. The number of rotatable bonds is 6. The first-order chi connectivity index (χ1) is 19.3. The third kappa shape index (κ3) is 5.23. The van der Waals surface area contributed by atoms with Gasteiger partial charge in [-0.25, -0.2) is 14.1 Å². The first-order valence-electron chi connectivity index (χ1n) is 13.6. The summed E-state index contributed by atoms with van der Waals surface area (Å²) >= 11 is 0. The summed E-state index contributed by atoms with van der Waals surface area (Å²) in [5.41, 5.74) is -0.488. The molecule has 6 rings (SSSR count). The molecule has 0 unspecified atom stereocenters. The average molecular weight is 550 g/mol. The highest BCUT2D eigenvalue weighted by Crippen LogP contribution is 2.31. The fourth-order valence-electron chi connectivity index (χ4n) is 5.76. The third-order valence-electron chi connectivity index (χ3n) is 8.10. The fourth-order valence-corrected chi connectivity index (χ4v) is 5.76. The van der Waals surface area contributed by atoms with E-state index in [0.29, 0.717) is 48.5 Å². The van der Waals surface area contributed by atoms with Crippen LogP contribution in [0, 0.1) is 11.7 Å². The Morgan fingerprint density at radius 2 is 1.85 bits per heavy atom. The van der Waals surface area contributed by atoms with E-state index >= 15 is 0 Å². The number of ether oxygens (including phenoxy) is 1. The molecule has 40 heavy (non-hydrogen) atoms. The van der Waals surface area contributed by atoms with Crippen molar-refractivity contribution >= 4 is 16.9 Å². The SMILES string of the molecule is Cn1ccc(O[C@H]2CC[C@@H](C(=O)N3CCC(O)(Cn4cnc5c(cnn5-c5ccc(F)cc5)c4=O)CC3)CC2)n1. The van der Waals surface area contributed by atoms with Crippen LogP contribution in [0.3, 0.4) is 0 Å². The Kier molecular flexibility index (Phi) is 6.87. The van der Waals surface area contributed by atoms with Gasteiger partial charge in [-0.2, -0.15) is 5.10 Å². The van der Waals surface area contributed by atoms with Gasteiger partial charge >= 0.3 is 0 Å². The van der Waals surface area contributed by atoms with Gasteiger partial charge in [0.1, 0.15) is 23.6 Å². The Balaban J connectivity index is 1.05. The van der Waals surface area contributed by atoms with Gasteiger partial charge in [-0.15, -0.1) is 5.10 Å². The number of aryl methyl sites for hydroxylation is 1. The molecule has 4 aromatic rings. The zero-order valence-electron chi connectivity index (χ0n) is 22.3. The molecule has 0 spiro atoms. The monoisotopic (exact) mass is 549 g/mol. The Bertz CT molecular complexity index is 1560. The molecule has 1 aliphatic heterocycles. The highest BCUT2D eigenvalue weighted by molar-refractivity contribution is 5.79. The number of aliphatic hydroxyl groups is 1. The van der Waals surface area contributed by atoms with Gasteiger partial charge in [-0.05, 0) is 62.8 Å². The van der Waals surface area contributed by atoms with Crippen LogP contribution in [0.4, 0.5) is 4.39 Å². The van der Waals surface area contributed by atoms with E-state index in [-0.39, 0.29) is 35.9 Å². The molecule has 0 bridgehead atoms. The third-order valence-corrected chi connectivity index (χ3v) is 8.10. The Morgan fingerprint density at radius 1 is 1.12 bits per heavy atom. The molecule has 1 aliphatic carbocycles. The standard InChI is InChI=1S/C28H32FN7O4/c1-33-13-10-24(32-33)40-22-8-2-19(3-9-22)26(37)34-14-11-28(39,12-15-34)17-35-18-30-25-23(27(35)38)16-31-36(25)21-6-4-20(29)5-7-21/h4-7,10,13,16,18-19,22,39H,2-3,8-9,11-12,14-15,17H2,1H3/t19-,22+. The second kappa shape index (κ2) is 10.5. The van der Waals surface area contributed by atoms with Gasteiger partial charge in [-0.3, -0.25) is 18.8 Å². The van der Waals surface area contributed by atoms with Crippen molar-refractivity contribution in [1.29, 1.82) is 0 Å². The fraction of sp³-hybridized carbons (Fsp3) is 0.464. The van der Waals surface area contributed by atoms with Crippen LogP contribution in [0.2, 0.25) is 0 Å². The number of hydrogen-bond donors (Lipinski definition) is 1.